The van der Waals surface area contributed by atoms with Crippen LogP contribution in [0, 0.1) is 0 Å². The van der Waals surface area contributed by atoms with Crippen LogP contribution in [0.25, 0.3) is 0 Å². The number of thiophene rings is 1. The molecule has 1 aliphatic rings. The van der Waals surface area contributed by atoms with Crippen molar-refractivity contribution in [1.29, 1.82) is 0 Å². The van der Waals surface area contributed by atoms with Crippen molar-refractivity contribution in [3.8, 4) is 0 Å². The fourth-order valence-corrected chi connectivity index (χ4v) is 3.11. The summed E-state index contributed by atoms with van der Waals surface area (Å²) in [6.45, 7) is 1.25. The third kappa shape index (κ3) is 3.97. The standard InChI is InChI=1S/C17H18N2O3S/c20-16(18-11-12-5-3-9-22-12)13-6-1-2-7-14(13)19-17(21)15-8-4-10-23-15/h1-2,4,6-8,10,12H,3,5,9,11H2,(H,18,20)(H,19,21). The molecule has 0 radical (unpaired) electrons. The number of amides is 2. The summed E-state index contributed by atoms with van der Waals surface area (Å²) < 4.78 is 5.50. The molecule has 5 nitrogen and oxygen atoms in total. The molecule has 1 unspecified atom stereocenters. The van der Waals surface area contributed by atoms with Crippen LogP contribution in [-0.4, -0.2) is 31.1 Å². The molecule has 23 heavy (non-hydrogen) atoms. The van der Waals surface area contributed by atoms with Gasteiger partial charge in [-0.2, -0.15) is 0 Å². The van der Waals surface area contributed by atoms with Crippen LogP contribution in [0.4, 0.5) is 5.69 Å². The summed E-state index contributed by atoms with van der Waals surface area (Å²) in [6, 6.07) is 10.6. The second-order valence-corrected chi connectivity index (χ2v) is 6.27. The molecule has 2 N–H and O–H groups in total. The Kier molecular flexibility index (Phi) is 5.05. The number of ether oxygens (including phenoxy) is 1. The zero-order chi connectivity index (χ0) is 16.1. The Balaban J connectivity index is 1.67. The quantitative estimate of drug-likeness (QED) is 0.886. The third-order valence-electron chi connectivity index (χ3n) is 3.68. The molecule has 2 amide bonds. The Bertz CT molecular complexity index is 679. The molecule has 120 valence electrons. The van der Waals surface area contributed by atoms with Gasteiger partial charge in [0.25, 0.3) is 11.8 Å². The van der Waals surface area contributed by atoms with Crippen LogP contribution in [0.3, 0.4) is 0 Å². The molecule has 0 aliphatic carbocycles. The molecule has 0 bridgehead atoms. The first-order chi connectivity index (χ1) is 11.2. The van der Waals surface area contributed by atoms with Crippen LogP contribution in [0.15, 0.2) is 41.8 Å². The minimum Gasteiger partial charge on any atom is -0.376 e. The molecule has 1 aromatic heterocycles. The summed E-state index contributed by atoms with van der Waals surface area (Å²) in [5.74, 6) is -0.415. The van der Waals surface area contributed by atoms with E-state index in [2.05, 4.69) is 10.6 Å². The zero-order valence-electron chi connectivity index (χ0n) is 12.6. The number of carbonyl (C=O) groups excluding carboxylic acids is 2. The minimum absolute atomic E-state index is 0.0897. The largest absolute Gasteiger partial charge is 0.376 e. The SMILES string of the molecule is O=C(Nc1ccccc1C(=O)NCC1CCCO1)c1cccs1. The van der Waals surface area contributed by atoms with Crippen LogP contribution in [0.5, 0.6) is 0 Å². The van der Waals surface area contributed by atoms with E-state index in [0.29, 0.717) is 22.7 Å². The van der Waals surface area contributed by atoms with Crippen molar-refractivity contribution in [1.82, 2.24) is 5.32 Å². The van der Waals surface area contributed by atoms with Crippen LogP contribution >= 0.6 is 11.3 Å². The summed E-state index contributed by atoms with van der Waals surface area (Å²) in [7, 11) is 0. The van der Waals surface area contributed by atoms with Gasteiger partial charge in [-0.15, -0.1) is 11.3 Å². The van der Waals surface area contributed by atoms with Crippen molar-refractivity contribution in [3.05, 3.63) is 52.2 Å². The van der Waals surface area contributed by atoms with Gasteiger partial charge in [0, 0.05) is 13.2 Å². The van der Waals surface area contributed by atoms with E-state index in [0.717, 1.165) is 19.4 Å². The normalized spacial score (nSPS) is 17.0. The van der Waals surface area contributed by atoms with Crippen molar-refractivity contribution in [2.45, 2.75) is 18.9 Å². The number of carbonyl (C=O) groups is 2. The molecule has 1 fully saturated rings. The van der Waals surface area contributed by atoms with Crippen LogP contribution < -0.4 is 10.6 Å². The zero-order valence-corrected chi connectivity index (χ0v) is 13.4. The lowest BCUT2D eigenvalue weighted by Gasteiger charge is -2.13. The highest BCUT2D eigenvalue weighted by molar-refractivity contribution is 7.12. The van der Waals surface area contributed by atoms with Gasteiger partial charge in [0.1, 0.15) is 0 Å². The van der Waals surface area contributed by atoms with Crippen molar-refractivity contribution in [3.63, 3.8) is 0 Å². The lowest BCUT2D eigenvalue weighted by molar-refractivity contribution is 0.0858. The van der Waals surface area contributed by atoms with Gasteiger partial charge in [-0.25, -0.2) is 0 Å². The summed E-state index contributed by atoms with van der Waals surface area (Å²) in [5.41, 5.74) is 0.964. The number of para-hydroxylation sites is 1. The lowest BCUT2D eigenvalue weighted by atomic mass is 10.1. The molecule has 6 heteroatoms. The topological polar surface area (TPSA) is 67.4 Å². The van der Waals surface area contributed by atoms with Crippen LogP contribution in [-0.2, 0) is 4.74 Å². The molecule has 1 saturated heterocycles. The van der Waals surface area contributed by atoms with E-state index in [4.69, 9.17) is 4.74 Å². The smallest absolute Gasteiger partial charge is 0.265 e. The number of benzene rings is 1. The first-order valence-electron chi connectivity index (χ1n) is 7.58. The molecule has 1 aromatic carbocycles. The van der Waals surface area contributed by atoms with E-state index in [1.807, 2.05) is 11.4 Å². The number of anilines is 1. The minimum atomic E-state index is -0.209. The average Bonchev–Trinajstić information content (AvgIpc) is 3.26. The fourth-order valence-electron chi connectivity index (χ4n) is 2.49. The van der Waals surface area contributed by atoms with Gasteiger partial charge in [0.05, 0.1) is 22.2 Å². The maximum absolute atomic E-state index is 12.4. The van der Waals surface area contributed by atoms with E-state index in [1.165, 1.54) is 11.3 Å². The first kappa shape index (κ1) is 15.7. The van der Waals surface area contributed by atoms with Gasteiger partial charge in [-0.05, 0) is 36.4 Å². The van der Waals surface area contributed by atoms with Gasteiger partial charge >= 0.3 is 0 Å². The maximum Gasteiger partial charge on any atom is 0.265 e. The van der Waals surface area contributed by atoms with Crippen molar-refractivity contribution >= 4 is 28.8 Å². The predicted octanol–water partition coefficient (Wildman–Crippen LogP) is 2.91. The highest BCUT2D eigenvalue weighted by Gasteiger charge is 2.18. The second-order valence-electron chi connectivity index (χ2n) is 5.32. The Morgan fingerprint density at radius 1 is 1.17 bits per heavy atom. The summed E-state index contributed by atoms with van der Waals surface area (Å²) >= 11 is 1.36. The summed E-state index contributed by atoms with van der Waals surface area (Å²) in [4.78, 5) is 25.2. The van der Waals surface area contributed by atoms with E-state index in [1.54, 1.807) is 30.3 Å². The fraction of sp³-hybridized carbons (Fsp3) is 0.294. The van der Waals surface area contributed by atoms with E-state index >= 15 is 0 Å². The van der Waals surface area contributed by atoms with Crippen molar-refractivity contribution in [2.24, 2.45) is 0 Å². The highest BCUT2D eigenvalue weighted by atomic mass is 32.1. The summed E-state index contributed by atoms with van der Waals surface area (Å²) in [5, 5.41) is 7.52. The summed E-state index contributed by atoms with van der Waals surface area (Å²) in [6.07, 6.45) is 2.09. The first-order valence-corrected chi connectivity index (χ1v) is 8.45. The van der Waals surface area contributed by atoms with E-state index in [-0.39, 0.29) is 17.9 Å². The number of hydrogen-bond acceptors (Lipinski definition) is 4. The number of hydrogen-bond donors (Lipinski definition) is 2. The molecular formula is C17H18N2O3S. The molecule has 1 atom stereocenters. The van der Waals surface area contributed by atoms with Gasteiger partial charge in [0.15, 0.2) is 0 Å². The van der Waals surface area contributed by atoms with Gasteiger partial charge in [-0.3, -0.25) is 9.59 Å². The lowest BCUT2D eigenvalue weighted by Crippen LogP contribution is -2.32. The second kappa shape index (κ2) is 7.39. The Morgan fingerprint density at radius 3 is 2.78 bits per heavy atom. The highest BCUT2D eigenvalue weighted by Crippen LogP contribution is 2.18. The van der Waals surface area contributed by atoms with E-state index < -0.39 is 0 Å². The Morgan fingerprint density at radius 2 is 2.04 bits per heavy atom. The molecule has 3 rings (SSSR count). The molecule has 1 aliphatic heterocycles. The average molecular weight is 330 g/mol. The molecular weight excluding hydrogens is 312 g/mol. The van der Waals surface area contributed by atoms with Gasteiger partial charge in [-0.1, -0.05) is 18.2 Å². The number of nitrogens with one attached hydrogen (secondary N) is 2. The molecule has 0 saturated carbocycles. The molecule has 2 aromatic rings. The number of rotatable bonds is 5. The molecule has 0 spiro atoms. The van der Waals surface area contributed by atoms with Crippen LogP contribution in [0.2, 0.25) is 0 Å². The van der Waals surface area contributed by atoms with Crippen molar-refractivity contribution in [2.75, 3.05) is 18.5 Å². The molecule has 2 heterocycles. The van der Waals surface area contributed by atoms with Crippen molar-refractivity contribution < 1.29 is 14.3 Å². The third-order valence-corrected chi connectivity index (χ3v) is 4.55. The van der Waals surface area contributed by atoms with Gasteiger partial charge < -0.3 is 15.4 Å². The Labute approximate surface area is 138 Å². The Hall–Kier alpha value is -2.18. The predicted molar refractivity (Wildman–Crippen MR) is 90.0 cm³/mol. The maximum atomic E-state index is 12.4. The monoisotopic (exact) mass is 330 g/mol. The van der Waals surface area contributed by atoms with E-state index in [9.17, 15) is 9.59 Å². The van der Waals surface area contributed by atoms with Gasteiger partial charge in [0.2, 0.25) is 0 Å². The van der Waals surface area contributed by atoms with Crippen LogP contribution in [0.1, 0.15) is 32.9 Å².